The largest absolute Gasteiger partial charge is 0.326 e. The molecular formula is C13H10ClF2NS. The summed E-state index contributed by atoms with van der Waals surface area (Å²) in [5.74, 6) is -1.17. The number of halogens is 3. The molecule has 18 heavy (non-hydrogen) atoms. The van der Waals surface area contributed by atoms with Gasteiger partial charge in [-0.25, -0.2) is 8.78 Å². The zero-order valence-corrected chi connectivity index (χ0v) is 10.9. The van der Waals surface area contributed by atoms with Gasteiger partial charge in [0.05, 0.1) is 0 Å². The fourth-order valence-corrected chi connectivity index (χ4v) is 2.62. The summed E-state index contributed by atoms with van der Waals surface area (Å²) in [6.45, 7) is 0.356. The monoisotopic (exact) mass is 285 g/mol. The topological polar surface area (TPSA) is 26.0 Å². The van der Waals surface area contributed by atoms with Crippen LogP contribution in [0.5, 0.6) is 0 Å². The van der Waals surface area contributed by atoms with E-state index < -0.39 is 11.6 Å². The number of benzene rings is 2. The Bertz CT molecular complexity index is 575. The van der Waals surface area contributed by atoms with E-state index in [1.54, 1.807) is 12.1 Å². The maximum atomic E-state index is 13.5. The highest BCUT2D eigenvalue weighted by Gasteiger charge is 2.07. The van der Waals surface area contributed by atoms with Crippen LogP contribution in [0.3, 0.4) is 0 Å². The van der Waals surface area contributed by atoms with Crippen LogP contribution < -0.4 is 5.73 Å². The second kappa shape index (κ2) is 5.69. The first-order chi connectivity index (χ1) is 8.60. The van der Waals surface area contributed by atoms with Gasteiger partial charge >= 0.3 is 0 Å². The molecule has 0 bridgehead atoms. The van der Waals surface area contributed by atoms with E-state index in [4.69, 9.17) is 17.3 Å². The first-order valence-electron chi connectivity index (χ1n) is 5.21. The molecule has 0 aliphatic heterocycles. The van der Waals surface area contributed by atoms with Crippen molar-refractivity contribution < 1.29 is 8.78 Å². The SMILES string of the molecule is NCc1ccc(Sc2ccc(F)cc2F)cc1Cl. The molecule has 2 aromatic carbocycles. The van der Waals surface area contributed by atoms with Crippen LogP contribution in [0.4, 0.5) is 8.78 Å². The first-order valence-corrected chi connectivity index (χ1v) is 6.41. The number of rotatable bonds is 3. The maximum Gasteiger partial charge on any atom is 0.140 e. The van der Waals surface area contributed by atoms with Gasteiger partial charge in [-0.15, -0.1) is 0 Å². The van der Waals surface area contributed by atoms with E-state index in [0.717, 1.165) is 16.5 Å². The first kappa shape index (κ1) is 13.3. The Kier molecular flexibility index (Phi) is 4.22. The molecule has 0 unspecified atom stereocenters. The quantitative estimate of drug-likeness (QED) is 0.913. The van der Waals surface area contributed by atoms with Crippen LogP contribution in [0.15, 0.2) is 46.2 Å². The van der Waals surface area contributed by atoms with Gasteiger partial charge < -0.3 is 5.73 Å². The van der Waals surface area contributed by atoms with Crippen LogP contribution in [-0.4, -0.2) is 0 Å². The van der Waals surface area contributed by atoms with Crippen molar-refractivity contribution in [2.24, 2.45) is 5.73 Å². The molecular weight excluding hydrogens is 276 g/mol. The summed E-state index contributed by atoms with van der Waals surface area (Å²) < 4.78 is 26.2. The highest BCUT2D eigenvalue weighted by molar-refractivity contribution is 7.99. The van der Waals surface area contributed by atoms with Crippen LogP contribution in [0, 0.1) is 11.6 Å². The maximum absolute atomic E-state index is 13.5. The minimum atomic E-state index is -0.589. The second-order valence-corrected chi connectivity index (χ2v) is 5.16. The molecule has 1 nitrogen and oxygen atoms in total. The molecule has 94 valence electrons. The molecule has 0 fully saturated rings. The number of hydrogen-bond acceptors (Lipinski definition) is 2. The van der Waals surface area contributed by atoms with E-state index in [-0.39, 0.29) is 0 Å². The highest BCUT2D eigenvalue weighted by atomic mass is 35.5. The minimum Gasteiger partial charge on any atom is -0.326 e. The predicted octanol–water partition coefficient (Wildman–Crippen LogP) is 4.23. The zero-order chi connectivity index (χ0) is 13.1. The Morgan fingerprint density at radius 3 is 2.50 bits per heavy atom. The second-order valence-electron chi connectivity index (χ2n) is 3.63. The van der Waals surface area contributed by atoms with Gasteiger partial charge in [-0.3, -0.25) is 0 Å². The van der Waals surface area contributed by atoms with Crippen LogP contribution >= 0.6 is 23.4 Å². The van der Waals surface area contributed by atoms with Crippen LogP contribution in [0.25, 0.3) is 0 Å². The summed E-state index contributed by atoms with van der Waals surface area (Å²) >= 11 is 7.20. The van der Waals surface area contributed by atoms with Gasteiger partial charge in [-0.05, 0) is 29.8 Å². The summed E-state index contributed by atoms with van der Waals surface area (Å²) in [5.41, 5.74) is 6.34. The molecule has 0 aliphatic carbocycles. The molecule has 2 aromatic rings. The molecule has 0 radical (unpaired) electrons. The van der Waals surface area contributed by atoms with Gasteiger partial charge in [0, 0.05) is 27.4 Å². The molecule has 0 aromatic heterocycles. The van der Waals surface area contributed by atoms with E-state index in [0.29, 0.717) is 16.5 Å². The fraction of sp³-hybridized carbons (Fsp3) is 0.0769. The van der Waals surface area contributed by atoms with E-state index in [1.807, 2.05) is 6.07 Å². The lowest BCUT2D eigenvalue weighted by molar-refractivity contribution is 0.565. The molecule has 0 saturated carbocycles. The summed E-state index contributed by atoms with van der Waals surface area (Å²) in [6, 6.07) is 8.81. The minimum absolute atomic E-state index is 0.355. The molecule has 0 atom stereocenters. The van der Waals surface area contributed by atoms with Crippen LogP contribution in [0.1, 0.15) is 5.56 Å². The lowest BCUT2D eigenvalue weighted by atomic mass is 10.2. The third-order valence-corrected chi connectivity index (χ3v) is 3.76. The van der Waals surface area contributed by atoms with Gasteiger partial charge in [-0.1, -0.05) is 29.4 Å². The molecule has 2 rings (SSSR count). The van der Waals surface area contributed by atoms with Gasteiger partial charge in [0.25, 0.3) is 0 Å². The summed E-state index contributed by atoms with van der Waals surface area (Å²) in [6.07, 6.45) is 0. The number of hydrogen-bond donors (Lipinski definition) is 1. The van der Waals surface area contributed by atoms with E-state index in [9.17, 15) is 8.78 Å². The molecule has 5 heteroatoms. The predicted molar refractivity (Wildman–Crippen MR) is 69.8 cm³/mol. The average Bonchev–Trinajstić information content (AvgIpc) is 2.33. The zero-order valence-electron chi connectivity index (χ0n) is 9.29. The average molecular weight is 286 g/mol. The van der Waals surface area contributed by atoms with E-state index >= 15 is 0 Å². The van der Waals surface area contributed by atoms with Gasteiger partial charge in [0.1, 0.15) is 11.6 Å². The summed E-state index contributed by atoms with van der Waals surface area (Å²) in [7, 11) is 0. The van der Waals surface area contributed by atoms with Gasteiger partial charge in [0.2, 0.25) is 0 Å². The molecule has 2 N–H and O–H groups in total. The third-order valence-electron chi connectivity index (χ3n) is 2.37. The van der Waals surface area contributed by atoms with Crippen molar-refractivity contribution in [3.63, 3.8) is 0 Å². The van der Waals surface area contributed by atoms with E-state index in [1.165, 1.54) is 23.9 Å². The lowest BCUT2D eigenvalue weighted by Crippen LogP contribution is -1.96. The van der Waals surface area contributed by atoms with E-state index in [2.05, 4.69) is 0 Å². The highest BCUT2D eigenvalue weighted by Crippen LogP contribution is 2.32. The molecule has 0 amide bonds. The Morgan fingerprint density at radius 1 is 1.11 bits per heavy atom. The van der Waals surface area contributed by atoms with Crippen LogP contribution in [-0.2, 0) is 6.54 Å². The van der Waals surface area contributed by atoms with Crippen LogP contribution in [0.2, 0.25) is 5.02 Å². The Labute approximate surface area is 113 Å². The van der Waals surface area contributed by atoms with Gasteiger partial charge in [-0.2, -0.15) is 0 Å². The molecule has 0 spiro atoms. The van der Waals surface area contributed by atoms with Crippen molar-refractivity contribution in [2.45, 2.75) is 16.3 Å². The molecule has 0 aliphatic rings. The standard InChI is InChI=1S/C13H10ClF2NS/c14-11-6-10(3-1-8(11)7-17)18-13-4-2-9(15)5-12(13)16/h1-6H,7,17H2. The van der Waals surface area contributed by atoms with Gasteiger partial charge in [0.15, 0.2) is 0 Å². The number of nitrogens with two attached hydrogens (primary N) is 1. The van der Waals surface area contributed by atoms with Crippen molar-refractivity contribution in [2.75, 3.05) is 0 Å². The third kappa shape index (κ3) is 3.02. The van der Waals surface area contributed by atoms with Crippen molar-refractivity contribution in [3.05, 3.63) is 58.6 Å². The summed E-state index contributed by atoms with van der Waals surface area (Å²) in [5, 5.41) is 0.546. The van der Waals surface area contributed by atoms with Crippen molar-refractivity contribution in [3.8, 4) is 0 Å². The Morgan fingerprint density at radius 2 is 1.89 bits per heavy atom. The summed E-state index contributed by atoms with van der Waals surface area (Å²) in [4.78, 5) is 1.13. The Balaban J connectivity index is 2.26. The smallest absolute Gasteiger partial charge is 0.140 e. The molecule has 0 heterocycles. The fourth-order valence-electron chi connectivity index (χ4n) is 1.44. The van der Waals surface area contributed by atoms with Crippen molar-refractivity contribution in [1.29, 1.82) is 0 Å². The Hall–Kier alpha value is -1.10. The lowest BCUT2D eigenvalue weighted by Gasteiger charge is -2.06. The normalized spacial score (nSPS) is 10.7. The molecule has 0 saturated heterocycles. The van der Waals surface area contributed by atoms with Crippen molar-refractivity contribution in [1.82, 2.24) is 0 Å². The van der Waals surface area contributed by atoms with Crippen molar-refractivity contribution >= 4 is 23.4 Å².